The van der Waals surface area contributed by atoms with Crippen molar-refractivity contribution < 1.29 is 0 Å². The van der Waals surface area contributed by atoms with Gasteiger partial charge in [-0.1, -0.05) is 33.3 Å². The quantitative estimate of drug-likeness (QED) is 0.783. The number of hydrogen-bond acceptors (Lipinski definition) is 3. The van der Waals surface area contributed by atoms with Crippen LogP contribution in [0.2, 0.25) is 0 Å². The molecule has 0 fully saturated rings. The van der Waals surface area contributed by atoms with Crippen molar-refractivity contribution in [1.29, 1.82) is 0 Å². The standard InChI is InChI=1S/C10H8BrClN2S/c1-6-4-7(2-3-8(6)11)10-14-13-9(5-12)15-10/h2-4H,5H2,1H3. The maximum atomic E-state index is 5.68. The predicted octanol–water partition coefficient (Wildman–Crippen LogP) is 4.01. The van der Waals surface area contributed by atoms with E-state index in [1.54, 1.807) is 0 Å². The van der Waals surface area contributed by atoms with Gasteiger partial charge in [0.15, 0.2) is 0 Å². The van der Waals surface area contributed by atoms with Crippen LogP contribution >= 0.6 is 38.9 Å². The van der Waals surface area contributed by atoms with Crippen LogP contribution in [0.25, 0.3) is 10.6 Å². The first-order valence-corrected chi connectivity index (χ1v) is 6.50. The zero-order chi connectivity index (χ0) is 10.8. The van der Waals surface area contributed by atoms with Crippen LogP contribution < -0.4 is 0 Å². The van der Waals surface area contributed by atoms with Crippen LogP contribution in [-0.2, 0) is 5.88 Å². The lowest BCUT2D eigenvalue weighted by atomic mass is 10.1. The summed E-state index contributed by atoms with van der Waals surface area (Å²) >= 11 is 10.7. The zero-order valence-electron chi connectivity index (χ0n) is 8.00. The molecule has 78 valence electrons. The minimum Gasteiger partial charge on any atom is -0.142 e. The van der Waals surface area contributed by atoms with Gasteiger partial charge in [0.1, 0.15) is 10.0 Å². The molecule has 2 aromatic rings. The molecule has 1 aromatic heterocycles. The Morgan fingerprint density at radius 3 is 2.80 bits per heavy atom. The van der Waals surface area contributed by atoms with Crippen molar-refractivity contribution in [3.8, 4) is 10.6 Å². The average Bonchev–Trinajstić information content (AvgIpc) is 2.70. The van der Waals surface area contributed by atoms with Gasteiger partial charge < -0.3 is 0 Å². The first-order valence-electron chi connectivity index (χ1n) is 4.35. The van der Waals surface area contributed by atoms with E-state index in [4.69, 9.17) is 11.6 Å². The summed E-state index contributed by atoms with van der Waals surface area (Å²) in [6.07, 6.45) is 0. The predicted molar refractivity (Wildman–Crippen MR) is 67.3 cm³/mol. The lowest BCUT2D eigenvalue weighted by Gasteiger charge is -1.99. The zero-order valence-corrected chi connectivity index (χ0v) is 11.2. The first-order chi connectivity index (χ1) is 7.20. The molecule has 5 heteroatoms. The third-order valence-electron chi connectivity index (χ3n) is 1.99. The van der Waals surface area contributed by atoms with Crippen LogP contribution in [0.3, 0.4) is 0 Å². The Morgan fingerprint density at radius 2 is 2.20 bits per heavy atom. The molecule has 0 bridgehead atoms. The summed E-state index contributed by atoms with van der Waals surface area (Å²) in [5.74, 6) is 0.424. The van der Waals surface area contributed by atoms with Crippen molar-refractivity contribution in [3.63, 3.8) is 0 Å². The highest BCUT2D eigenvalue weighted by Gasteiger charge is 2.06. The van der Waals surface area contributed by atoms with E-state index in [0.717, 1.165) is 20.1 Å². The Morgan fingerprint density at radius 1 is 1.40 bits per heavy atom. The van der Waals surface area contributed by atoms with Gasteiger partial charge in [-0.2, -0.15) is 0 Å². The Bertz CT molecular complexity index is 484. The number of halogens is 2. The number of nitrogens with zero attached hydrogens (tertiary/aromatic N) is 2. The molecule has 0 atom stereocenters. The molecule has 1 heterocycles. The molecule has 0 saturated carbocycles. The molecule has 0 aliphatic rings. The van der Waals surface area contributed by atoms with Crippen LogP contribution in [0.15, 0.2) is 22.7 Å². The second-order valence-corrected chi connectivity index (χ2v) is 5.28. The van der Waals surface area contributed by atoms with Gasteiger partial charge in [0, 0.05) is 10.0 Å². The third kappa shape index (κ3) is 2.38. The van der Waals surface area contributed by atoms with Crippen molar-refractivity contribution in [3.05, 3.63) is 33.2 Å². The first kappa shape index (κ1) is 11.0. The van der Waals surface area contributed by atoms with E-state index in [1.807, 2.05) is 12.1 Å². The summed E-state index contributed by atoms with van der Waals surface area (Å²) in [6.45, 7) is 2.05. The van der Waals surface area contributed by atoms with Crippen molar-refractivity contribution in [1.82, 2.24) is 10.2 Å². The Balaban J connectivity index is 2.40. The van der Waals surface area contributed by atoms with E-state index in [0.29, 0.717) is 5.88 Å². The molecule has 0 aliphatic heterocycles. The largest absolute Gasteiger partial charge is 0.147 e. The van der Waals surface area contributed by atoms with Gasteiger partial charge in [0.05, 0.1) is 5.88 Å². The smallest absolute Gasteiger partial charge is 0.142 e. The summed E-state index contributed by atoms with van der Waals surface area (Å²) in [5.41, 5.74) is 2.28. The van der Waals surface area contributed by atoms with E-state index in [1.165, 1.54) is 16.9 Å². The minimum atomic E-state index is 0.424. The normalized spacial score (nSPS) is 10.6. The average molecular weight is 304 g/mol. The second kappa shape index (κ2) is 4.60. The number of aromatic nitrogens is 2. The molecule has 2 nitrogen and oxygen atoms in total. The van der Waals surface area contributed by atoms with E-state index in [2.05, 4.69) is 39.1 Å². The fourth-order valence-corrected chi connectivity index (χ4v) is 2.35. The van der Waals surface area contributed by atoms with Gasteiger partial charge in [-0.25, -0.2) is 0 Å². The molecule has 0 aliphatic carbocycles. The summed E-state index contributed by atoms with van der Waals surface area (Å²) in [7, 11) is 0. The lowest BCUT2D eigenvalue weighted by Crippen LogP contribution is -1.80. The van der Waals surface area contributed by atoms with Crippen molar-refractivity contribution in [2.75, 3.05) is 0 Å². The van der Waals surface area contributed by atoms with Gasteiger partial charge in [-0.3, -0.25) is 0 Å². The maximum Gasteiger partial charge on any atom is 0.147 e. The number of benzene rings is 1. The van der Waals surface area contributed by atoms with E-state index >= 15 is 0 Å². The van der Waals surface area contributed by atoms with Crippen LogP contribution in [0.5, 0.6) is 0 Å². The number of rotatable bonds is 2. The molecule has 1 aromatic carbocycles. The molecule has 0 spiro atoms. The Labute approximate surface area is 105 Å². The van der Waals surface area contributed by atoms with Crippen molar-refractivity contribution in [2.45, 2.75) is 12.8 Å². The molecule has 15 heavy (non-hydrogen) atoms. The molecule has 0 radical (unpaired) electrons. The van der Waals surface area contributed by atoms with Crippen LogP contribution in [0.4, 0.5) is 0 Å². The van der Waals surface area contributed by atoms with Crippen LogP contribution in [-0.4, -0.2) is 10.2 Å². The van der Waals surface area contributed by atoms with E-state index in [9.17, 15) is 0 Å². The highest BCUT2D eigenvalue weighted by Crippen LogP contribution is 2.27. The van der Waals surface area contributed by atoms with E-state index in [-0.39, 0.29) is 0 Å². The van der Waals surface area contributed by atoms with Crippen molar-refractivity contribution in [2.24, 2.45) is 0 Å². The number of aryl methyl sites for hydroxylation is 1. The molecule has 0 unspecified atom stereocenters. The van der Waals surface area contributed by atoms with E-state index < -0.39 is 0 Å². The summed E-state index contributed by atoms with van der Waals surface area (Å²) in [6, 6.07) is 6.13. The molecule has 0 amide bonds. The fourth-order valence-electron chi connectivity index (χ4n) is 1.20. The Hall–Kier alpha value is -0.450. The number of alkyl halides is 1. The summed E-state index contributed by atoms with van der Waals surface area (Å²) < 4.78 is 1.10. The molecular formula is C10H8BrClN2S. The van der Waals surface area contributed by atoms with Gasteiger partial charge in [-0.15, -0.1) is 21.8 Å². The summed E-state index contributed by atoms with van der Waals surface area (Å²) in [4.78, 5) is 0. The maximum absolute atomic E-state index is 5.68. The Kier molecular flexibility index (Phi) is 3.38. The highest BCUT2D eigenvalue weighted by molar-refractivity contribution is 9.10. The van der Waals surface area contributed by atoms with Crippen molar-refractivity contribution >= 4 is 38.9 Å². The van der Waals surface area contributed by atoms with Gasteiger partial charge in [-0.05, 0) is 24.6 Å². The highest BCUT2D eigenvalue weighted by atomic mass is 79.9. The van der Waals surface area contributed by atoms with Gasteiger partial charge in [0.25, 0.3) is 0 Å². The number of hydrogen-bond donors (Lipinski definition) is 0. The molecule has 2 rings (SSSR count). The monoisotopic (exact) mass is 302 g/mol. The fraction of sp³-hybridized carbons (Fsp3) is 0.200. The minimum absolute atomic E-state index is 0.424. The second-order valence-electron chi connectivity index (χ2n) is 3.10. The molecular weight excluding hydrogens is 296 g/mol. The SMILES string of the molecule is Cc1cc(-c2nnc(CCl)s2)ccc1Br. The van der Waals surface area contributed by atoms with Crippen LogP contribution in [0.1, 0.15) is 10.6 Å². The van der Waals surface area contributed by atoms with Gasteiger partial charge >= 0.3 is 0 Å². The van der Waals surface area contributed by atoms with Crippen LogP contribution in [0, 0.1) is 6.92 Å². The van der Waals surface area contributed by atoms with Gasteiger partial charge in [0.2, 0.25) is 0 Å². The molecule has 0 N–H and O–H groups in total. The summed E-state index contributed by atoms with van der Waals surface area (Å²) in [5, 5.41) is 9.86. The topological polar surface area (TPSA) is 25.8 Å². The molecule has 0 saturated heterocycles. The lowest BCUT2D eigenvalue weighted by molar-refractivity contribution is 1.04. The third-order valence-corrected chi connectivity index (χ3v) is 4.26.